The van der Waals surface area contributed by atoms with Crippen molar-refractivity contribution in [2.24, 2.45) is 0 Å². The number of para-hydroxylation sites is 8. The van der Waals surface area contributed by atoms with Crippen LogP contribution in [0, 0.1) is 0 Å². The second-order valence-corrected chi connectivity index (χ2v) is 14.7. The van der Waals surface area contributed by atoms with Crippen LogP contribution in [-0.2, 0) is 0 Å². The van der Waals surface area contributed by atoms with Crippen molar-refractivity contribution in [3.8, 4) is 45.9 Å². The standard InChI is InChI=1S/C50H28N6O4/c1-5-13-43-38(9-1)55(39-10-2-6-14-44(39)57-43)30-25-34-31(35(26-30)50-54-37-20-22-52-28-48(37)60-50)17-18-32-33(34)23-29(49-53-36-19-21-51-27-47(36)59-49)24-42(32)56-40-11-3-7-15-45(40)58-46-16-8-4-12-41(46)56/h1-28H. The van der Waals surface area contributed by atoms with Crippen LogP contribution >= 0.6 is 0 Å². The number of oxazole rings is 2. The molecule has 10 nitrogen and oxygen atoms in total. The number of aromatic nitrogens is 4. The van der Waals surface area contributed by atoms with Crippen molar-refractivity contribution in [1.29, 1.82) is 0 Å². The monoisotopic (exact) mass is 776 g/mol. The molecule has 0 saturated heterocycles. The van der Waals surface area contributed by atoms with Gasteiger partial charge in [-0.15, -0.1) is 0 Å². The Bertz CT molecular complexity index is 3400. The van der Waals surface area contributed by atoms with Gasteiger partial charge in [-0.3, -0.25) is 9.97 Å². The average Bonchev–Trinajstić information content (AvgIpc) is 3.94. The van der Waals surface area contributed by atoms with Crippen LogP contribution in [0.15, 0.2) is 179 Å². The molecule has 0 amide bonds. The summed E-state index contributed by atoms with van der Waals surface area (Å²) in [6.07, 6.45) is 6.85. The van der Waals surface area contributed by atoms with Crippen molar-refractivity contribution in [2.45, 2.75) is 0 Å². The maximum absolute atomic E-state index is 6.51. The molecule has 7 aromatic carbocycles. The molecule has 13 rings (SSSR count). The third-order valence-corrected chi connectivity index (χ3v) is 11.3. The Morgan fingerprint density at radius 2 is 0.900 bits per heavy atom. The highest BCUT2D eigenvalue weighted by Crippen LogP contribution is 2.55. The predicted octanol–water partition coefficient (Wildman–Crippen LogP) is 13.6. The highest BCUT2D eigenvalue weighted by molar-refractivity contribution is 6.18. The first kappa shape index (κ1) is 32.6. The molecule has 0 bridgehead atoms. The first-order valence-electron chi connectivity index (χ1n) is 19.5. The molecule has 2 aliphatic rings. The highest BCUT2D eigenvalue weighted by Gasteiger charge is 2.30. The fourth-order valence-corrected chi connectivity index (χ4v) is 8.60. The first-order valence-corrected chi connectivity index (χ1v) is 19.5. The van der Waals surface area contributed by atoms with Crippen LogP contribution in [0.3, 0.4) is 0 Å². The zero-order valence-corrected chi connectivity index (χ0v) is 31.5. The van der Waals surface area contributed by atoms with Gasteiger partial charge in [0.1, 0.15) is 11.0 Å². The maximum atomic E-state index is 6.51. The summed E-state index contributed by atoms with van der Waals surface area (Å²) in [7, 11) is 0. The number of pyridine rings is 2. The summed E-state index contributed by atoms with van der Waals surface area (Å²) in [5.41, 5.74) is 9.74. The molecule has 4 aromatic heterocycles. The summed E-state index contributed by atoms with van der Waals surface area (Å²) in [5.74, 6) is 3.97. The minimum absolute atomic E-state index is 0.479. The third kappa shape index (κ3) is 4.88. The quantitative estimate of drug-likeness (QED) is 0.160. The summed E-state index contributed by atoms with van der Waals surface area (Å²) < 4.78 is 25.9. The maximum Gasteiger partial charge on any atom is 0.228 e. The lowest BCUT2D eigenvalue weighted by atomic mass is 9.93. The molecule has 6 heterocycles. The molecule has 60 heavy (non-hydrogen) atoms. The highest BCUT2D eigenvalue weighted by atomic mass is 16.5. The van der Waals surface area contributed by atoms with Crippen LogP contribution in [0.1, 0.15) is 0 Å². The van der Waals surface area contributed by atoms with Crippen molar-refractivity contribution in [3.05, 3.63) is 170 Å². The van der Waals surface area contributed by atoms with Crippen LogP contribution < -0.4 is 19.3 Å². The van der Waals surface area contributed by atoms with Gasteiger partial charge in [0.15, 0.2) is 34.2 Å². The van der Waals surface area contributed by atoms with Crippen molar-refractivity contribution in [2.75, 3.05) is 9.80 Å². The van der Waals surface area contributed by atoms with Gasteiger partial charge in [-0.1, -0.05) is 60.7 Å². The van der Waals surface area contributed by atoms with E-state index < -0.39 is 0 Å². The molecule has 0 fully saturated rings. The van der Waals surface area contributed by atoms with E-state index in [1.54, 1.807) is 24.8 Å². The minimum Gasteiger partial charge on any atom is -0.453 e. The van der Waals surface area contributed by atoms with Gasteiger partial charge in [-0.05, 0) is 101 Å². The van der Waals surface area contributed by atoms with Crippen molar-refractivity contribution >= 4 is 77.9 Å². The zero-order valence-electron chi connectivity index (χ0n) is 31.5. The molecular weight excluding hydrogens is 749 g/mol. The van der Waals surface area contributed by atoms with E-state index in [1.165, 1.54) is 0 Å². The molecule has 10 heteroatoms. The van der Waals surface area contributed by atoms with E-state index >= 15 is 0 Å². The van der Waals surface area contributed by atoms with E-state index in [4.69, 9.17) is 28.3 Å². The Hall–Kier alpha value is -8.50. The molecule has 0 unspecified atom stereocenters. The fourth-order valence-electron chi connectivity index (χ4n) is 8.60. The summed E-state index contributed by atoms with van der Waals surface area (Å²) in [4.78, 5) is 23.1. The summed E-state index contributed by atoms with van der Waals surface area (Å²) >= 11 is 0. The van der Waals surface area contributed by atoms with E-state index in [0.717, 1.165) is 101 Å². The molecule has 0 saturated carbocycles. The minimum atomic E-state index is 0.479. The van der Waals surface area contributed by atoms with Gasteiger partial charge in [-0.25, -0.2) is 9.97 Å². The van der Waals surface area contributed by atoms with E-state index in [1.807, 2.05) is 84.9 Å². The zero-order chi connectivity index (χ0) is 39.3. The number of ether oxygens (including phenoxy) is 2. The largest absolute Gasteiger partial charge is 0.453 e. The molecule has 2 aliphatic heterocycles. The summed E-state index contributed by atoms with van der Waals surface area (Å²) in [6.45, 7) is 0. The molecule has 0 aliphatic carbocycles. The van der Waals surface area contributed by atoms with Crippen LogP contribution in [-0.4, -0.2) is 19.9 Å². The lowest BCUT2D eigenvalue weighted by molar-refractivity contribution is 0.477. The second-order valence-electron chi connectivity index (χ2n) is 14.7. The van der Waals surface area contributed by atoms with E-state index in [0.29, 0.717) is 22.9 Å². The van der Waals surface area contributed by atoms with E-state index in [-0.39, 0.29) is 0 Å². The van der Waals surface area contributed by atoms with E-state index in [2.05, 4.69) is 80.4 Å². The van der Waals surface area contributed by atoms with Gasteiger partial charge in [0, 0.05) is 34.6 Å². The molecular formula is C50H28N6O4. The first-order chi connectivity index (χ1) is 29.7. The third-order valence-electron chi connectivity index (χ3n) is 11.3. The Labute approximate surface area is 341 Å². The lowest BCUT2D eigenvalue weighted by Crippen LogP contribution is -2.16. The van der Waals surface area contributed by atoms with Crippen molar-refractivity contribution < 1.29 is 18.3 Å². The lowest BCUT2D eigenvalue weighted by Gasteiger charge is -2.34. The molecule has 0 N–H and O–H groups in total. The van der Waals surface area contributed by atoms with Gasteiger partial charge < -0.3 is 28.1 Å². The van der Waals surface area contributed by atoms with Gasteiger partial charge in [0.2, 0.25) is 11.8 Å². The number of hydrogen-bond donors (Lipinski definition) is 0. The number of rotatable bonds is 4. The van der Waals surface area contributed by atoms with Crippen LogP contribution in [0.2, 0.25) is 0 Å². The van der Waals surface area contributed by atoms with E-state index in [9.17, 15) is 0 Å². The summed E-state index contributed by atoms with van der Waals surface area (Å²) in [5, 5.41) is 3.89. The molecule has 0 atom stereocenters. The smallest absolute Gasteiger partial charge is 0.228 e. The number of hydrogen-bond acceptors (Lipinski definition) is 10. The number of anilines is 6. The SMILES string of the molecule is c1ccc2c(c1)Oc1ccccc1N2c1cc(-c2nc3ccncc3o2)c2ccc3c(N4c5ccccc5Oc5ccccc54)cc(-c4nc5ccncc5o4)cc3c2c1. The van der Waals surface area contributed by atoms with Crippen molar-refractivity contribution in [1.82, 2.24) is 19.9 Å². The number of benzene rings is 7. The van der Waals surface area contributed by atoms with Gasteiger partial charge in [0.25, 0.3) is 0 Å². The number of fused-ring (bicyclic) bond motifs is 9. The van der Waals surface area contributed by atoms with Crippen LogP contribution in [0.5, 0.6) is 23.0 Å². The van der Waals surface area contributed by atoms with Gasteiger partial charge in [0.05, 0.1) is 40.8 Å². The Kier molecular flexibility index (Phi) is 6.78. The molecule has 0 radical (unpaired) electrons. The Morgan fingerprint density at radius 1 is 0.400 bits per heavy atom. The van der Waals surface area contributed by atoms with Crippen LogP contribution in [0.4, 0.5) is 34.1 Å². The Morgan fingerprint density at radius 3 is 1.48 bits per heavy atom. The second kappa shape index (κ2) is 12.5. The van der Waals surface area contributed by atoms with Gasteiger partial charge >= 0.3 is 0 Å². The normalized spacial score (nSPS) is 12.9. The fraction of sp³-hybridized carbons (Fsp3) is 0. The molecule has 282 valence electrons. The molecule has 11 aromatic rings. The Balaban J connectivity index is 1.16. The topological polar surface area (TPSA) is 103 Å². The van der Waals surface area contributed by atoms with Gasteiger partial charge in [-0.2, -0.15) is 0 Å². The van der Waals surface area contributed by atoms with Crippen LogP contribution in [0.25, 0.3) is 66.7 Å². The van der Waals surface area contributed by atoms with Crippen molar-refractivity contribution in [3.63, 3.8) is 0 Å². The predicted molar refractivity (Wildman–Crippen MR) is 233 cm³/mol. The average molecular weight is 777 g/mol. The molecule has 0 spiro atoms. The summed E-state index contributed by atoms with van der Waals surface area (Å²) in [6, 6.07) is 49.2. The number of nitrogens with zero attached hydrogens (tertiary/aromatic N) is 6.